The van der Waals surface area contributed by atoms with Gasteiger partial charge < -0.3 is 14.8 Å². The fraction of sp³-hybridized carbons (Fsp3) is 0.240. The van der Waals surface area contributed by atoms with Crippen molar-refractivity contribution in [1.82, 2.24) is 0 Å². The van der Waals surface area contributed by atoms with Crippen molar-refractivity contribution >= 4 is 21.7 Å². The van der Waals surface area contributed by atoms with Crippen LogP contribution < -0.4 is 15.2 Å². The summed E-state index contributed by atoms with van der Waals surface area (Å²) in [5, 5.41) is 8.68. The van der Waals surface area contributed by atoms with E-state index in [-0.39, 0.29) is 16.2 Å². The number of nitrogens with one attached hydrogen (secondary N) is 1. The summed E-state index contributed by atoms with van der Waals surface area (Å²) in [5.74, 6) is -0.192. The number of rotatable bonds is 10. The maximum atomic E-state index is 12.9. The molecule has 0 aliphatic heterocycles. The van der Waals surface area contributed by atoms with Crippen molar-refractivity contribution in [2.24, 2.45) is 5.14 Å². The summed E-state index contributed by atoms with van der Waals surface area (Å²) in [6.07, 6.45) is 1.25. The molecule has 0 heterocycles. The highest BCUT2D eigenvalue weighted by Crippen LogP contribution is 2.37. The van der Waals surface area contributed by atoms with Crippen LogP contribution in [-0.4, -0.2) is 20.9 Å². The molecule has 0 aromatic heterocycles. The fourth-order valence-corrected chi connectivity index (χ4v) is 3.90. The second-order valence-corrected chi connectivity index (χ2v) is 9.08. The Morgan fingerprint density at radius 2 is 1.67 bits per heavy atom. The third-order valence-electron chi connectivity index (χ3n) is 4.96. The highest BCUT2D eigenvalue weighted by atomic mass is 32.2. The highest BCUT2D eigenvalue weighted by Gasteiger charge is 2.25. The molecule has 0 saturated carbocycles. The monoisotopic (exact) mass is 468 g/mol. The summed E-state index contributed by atoms with van der Waals surface area (Å²) in [7, 11) is -4.22. The van der Waals surface area contributed by atoms with Gasteiger partial charge in [0.2, 0.25) is 10.0 Å². The molecule has 0 saturated heterocycles. The van der Waals surface area contributed by atoms with Gasteiger partial charge in [-0.3, -0.25) is 0 Å². The van der Waals surface area contributed by atoms with Crippen molar-refractivity contribution in [2.75, 3.05) is 11.9 Å². The summed E-state index contributed by atoms with van der Waals surface area (Å²) >= 11 is 0. The number of hydrogen-bond acceptors (Lipinski definition) is 6. The zero-order valence-electron chi connectivity index (χ0n) is 18.7. The van der Waals surface area contributed by atoms with Crippen molar-refractivity contribution in [3.8, 4) is 11.5 Å². The molecule has 7 nitrogen and oxygen atoms in total. The molecule has 0 radical (unpaired) electrons. The molecule has 3 aromatic rings. The smallest absolute Gasteiger partial charge is 0.338 e. The Hall–Kier alpha value is -3.36. The molecule has 0 bridgehead atoms. The number of carbonyl (C=O) groups is 1. The number of ether oxygens (including phenoxy) is 2. The third kappa shape index (κ3) is 6.57. The summed E-state index contributed by atoms with van der Waals surface area (Å²) in [6.45, 7) is 4.35. The predicted octanol–water partition coefficient (Wildman–Crippen LogP) is 5.26. The van der Waals surface area contributed by atoms with E-state index in [0.717, 1.165) is 18.4 Å². The van der Waals surface area contributed by atoms with Crippen LogP contribution in [0.25, 0.3) is 0 Å². The number of benzene rings is 3. The maximum absolute atomic E-state index is 12.9. The van der Waals surface area contributed by atoms with Crippen LogP contribution in [0.4, 0.5) is 5.69 Å². The average molecular weight is 469 g/mol. The van der Waals surface area contributed by atoms with Gasteiger partial charge in [-0.25, -0.2) is 18.4 Å². The van der Waals surface area contributed by atoms with Crippen molar-refractivity contribution in [3.63, 3.8) is 0 Å². The van der Waals surface area contributed by atoms with E-state index in [1.54, 1.807) is 31.2 Å². The number of hydrogen-bond donors (Lipinski definition) is 2. The van der Waals surface area contributed by atoms with Crippen LogP contribution >= 0.6 is 0 Å². The van der Waals surface area contributed by atoms with Gasteiger partial charge in [-0.05, 0) is 43.2 Å². The Bertz CT molecular complexity index is 1180. The van der Waals surface area contributed by atoms with Crippen LogP contribution in [0.15, 0.2) is 77.7 Å². The van der Waals surface area contributed by atoms with Crippen molar-refractivity contribution in [1.29, 1.82) is 0 Å². The Kier molecular flexibility index (Phi) is 8.08. The third-order valence-corrected chi connectivity index (χ3v) is 5.88. The first-order valence-corrected chi connectivity index (χ1v) is 12.3. The van der Waals surface area contributed by atoms with Crippen LogP contribution in [-0.2, 0) is 14.8 Å². The average Bonchev–Trinajstić information content (AvgIpc) is 2.80. The van der Waals surface area contributed by atoms with Gasteiger partial charge in [0.15, 0.2) is 5.75 Å². The molecule has 3 N–H and O–H groups in total. The van der Waals surface area contributed by atoms with Crippen molar-refractivity contribution in [2.45, 2.75) is 37.7 Å². The lowest BCUT2D eigenvalue weighted by Crippen LogP contribution is -2.17. The van der Waals surface area contributed by atoms with Crippen LogP contribution in [0, 0.1) is 0 Å². The first kappa shape index (κ1) is 24.3. The van der Waals surface area contributed by atoms with Gasteiger partial charge in [0.05, 0.1) is 11.3 Å². The molecule has 0 aliphatic rings. The lowest BCUT2D eigenvalue weighted by atomic mass is 10.1. The maximum Gasteiger partial charge on any atom is 0.338 e. The lowest BCUT2D eigenvalue weighted by molar-refractivity contribution is 0.0337. The minimum atomic E-state index is -4.22. The van der Waals surface area contributed by atoms with E-state index >= 15 is 0 Å². The molecule has 0 spiro atoms. The van der Waals surface area contributed by atoms with E-state index in [1.165, 1.54) is 12.1 Å². The SMILES string of the molecule is CCCCNc1cc(C(=O)O[C@H](C)c2ccccc2)cc(S(N)(=O)=O)c1Oc1ccccc1. The summed E-state index contributed by atoms with van der Waals surface area (Å²) < 4.78 is 36.4. The Morgan fingerprint density at radius 3 is 2.27 bits per heavy atom. The van der Waals surface area contributed by atoms with Crippen LogP contribution in [0.3, 0.4) is 0 Å². The first-order valence-electron chi connectivity index (χ1n) is 10.7. The number of primary sulfonamides is 1. The molecule has 1 atom stereocenters. The largest absolute Gasteiger partial charge is 0.454 e. The van der Waals surface area contributed by atoms with E-state index in [4.69, 9.17) is 14.6 Å². The molecule has 3 aromatic carbocycles. The molecule has 0 amide bonds. The molecule has 0 aliphatic carbocycles. The fourth-order valence-electron chi connectivity index (χ4n) is 3.19. The summed E-state index contributed by atoms with van der Waals surface area (Å²) in [6, 6.07) is 20.8. The molecule has 0 unspecified atom stereocenters. The van der Waals surface area contributed by atoms with Crippen LogP contribution in [0.1, 0.15) is 48.7 Å². The Morgan fingerprint density at radius 1 is 1.03 bits per heavy atom. The van der Waals surface area contributed by atoms with Gasteiger partial charge in [-0.1, -0.05) is 61.9 Å². The number of carbonyl (C=O) groups excluding carboxylic acids is 1. The van der Waals surface area contributed by atoms with E-state index in [9.17, 15) is 13.2 Å². The van der Waals surface area contributed by atoms with Gasteiger partial charge in [0, 0.05) is 6.54 Å². The number of anilines is 1. The van der Waals surface area contributed by atoms with Gasteiger partial charge >= 0.3 is 5.97 Å². The summed E-state index contributed by atoms with van der Waals surface area (Å²) in [5.41, 5.74) is 1.22. The first-order chi connectivity index (χ1) is 15.8. The molecule has 0 fully saturated rings. The second kappa shape index (κ2) is 11.0. The van der Waals surface area contributed by atoms with Crippen molar-refractivity contribution < 1.29 is 22.7 Å². The molecule has 8 heteroatoms. The minimum absolute atomic E-state index is 0.0347. The minimum Gasteiger partial charge on any atom is -0.454 e. The molecular formula is C25H28N2O5S. The predicted molar refractivity (Wildman–Crippen MR) is 128 cm³/mol. The van der Waals surface area contributed by atoms with Gasteiger partial charge in [-0.2, -0.15) is 0 Å². The molecule has 3 rings (SSSR count). The van der Waals surface area contributed by atoms with Crippen LogP contribution in [0.5, 0.6) is 11.5 Å². The molecule has 33 heavy (non-hydrogen) atoms. The number of esters is 1. The second-order valence-electron chi connectivity index (χ2n) is 7.55. The molecular weight excluding hydrogens is 440 g/mol. The quantitative estimate of drug-likeness (QED) is 0.311. The summed E-state index contributed by atoms with van der Waals surface area (Å²) in [4.78, 5) is 12.6. The number of para-hydroxylation sites is 1. The van der Waals surface area contributed by atoms with Gasteiger partial charge in [0.25, 0.3) is 0 Å². The van der Waals surface area contributed by atoms with Crippen LogP contribution in [0.2, 0.25) is 0 Å². The van der Waals surface area contributed by atoms with E-state index in [2.05, 4.69) is 5.32 Å². The number of unbranched alkanes of at least 4 members (excludes halogenated alkanes) is 1. The van der Waals surface area contributed by atoms with E-state index in [1.807, 2.05) is 43.3 Å². The number of sulfonamides is 1. The topological polar surface area (TPSA) is 108 Å². The van der Waals surface area contributed by atoms with Crippen molar-refractivity contribution in [3.05, 3.63) is 83.9 Å². The highest BCUT2D eigenvalue weighted by molar-refractivity contribution is 7.89. The lowest BCUT2D eigenvalue weighted by Gasteiger charge is -2.19. The zero-order valence-corrected chi connectivity index (χ0v) is 19.5. The Balaban J connectivity index is 2.02. The molecule has 174 valence electrons. The van der Waals surface area contributed by atoms with Gasteiger partial charge in [-0.15, -0.1) is 0 Å². The van der Waals surface area contributed by atoms with E-state index < -0.39 is 22.1 Å². The van der Waals surface area contributed by atoms with E-state index in [0.29, 0.717) is 18.0 Å². The van der Waals surface area contributed by atoms with Gasteiger partial charge in [0.1, 0.15) is 16.7 Å². The standard InChI is InChI=1S/C25H28N2O5S/c1-3-4-15-27-22-16-20(25(28)31-18(2)19-11-7-5-8-12-19)17-23(33(26,29)30)24(22)32-21-13-9-6-10-14-21/h5-14,16-18,27H,3-4,15H2,1-2H3,(H2,26,29,30)/t18-/m1/s1. The normalized spacial score (nSPS) is 12.1. The number of nitrogens with two attached hydrogens (primary N) is 1. The Labute approximate surface area is 194 Å². The zero-order chi connectivity index (χ0) is 23.8.